The van der Waals surface area contributed by atoms with Crippen molar-refractivity contribution in [2.45, 2.75) is 59.0 Å². The maximum absolute atomic E-state index is 4.32. The van der Waals surface area contributed by atoms with E-state index in [1.54, 1.807) is 0 Å². The molecule has 17 heavy (non-hydrogen) atoms. The largest absolute Gasteiger partial charge is 0.330 e. The first-order valence-electron chi connectivity index (χ1n) is 6.84. The predicted molar refractivity (Wildman–Crippen MR) is 70.9 cm³/mol. The number of imidazole rings is 1. The molecule has 1 aromatic rings. The third kappa shape index (κ3) is 3.09. The van der Waals surface area contributed by atoms with Crippen LogP contribution in [0.1, 0.15) is 58.2 Å². The highest BCUT2D eigenvalue weighted by molar-refractivity contribution is 5.02. The van der Waals surface area contributed by atoms with Crippen LogP contribution in [0.3, 0.4) is 0 Å². The molecule has 0 aliphatic heterocycles. The molecule has 3 heteroatoms. The molecule has 1 saturated carbocycles. The molecule has 1 fully saturated rings. The molecule has 0 aromatic carbocycles. The van der Waals surface area contributed by atoms with Crippen molar-refractivity contribution in [2.24, 2.45) is 5.41 Å². The van der Waals surface area contributed by atoms with Gasteiger partial charge in [0.15, 0.2) is 0 Å². The molecule has 3 nitrogen and oxygen atoms in total. The van der Waals surface area contributed by atoms with Crippen LogP contribution in [0, 0.1) is 5.41 Å². The fraction of sp³-hybridized carbons (Fsp3) is 0.786. The normalized spacial score (nSPS) is 23.1. The van der Waals surface area contributed by atoms with E-state index < -0.39 is 0 Å². The van der Waals surface area contributed by atoms with Gasteiger partial charge in [-0.2, -0.15) is 0 Å². The summed E-state index contributed by atoms with van der Waals surface area (Å²) < 4.78 is 2.39. The van der Waals surface area contributed by atoms with Gasteiger partial charge in [-0.3, -0.25) is 0 Å². The molecule has 0 bridgehead atoms. The fourth-order valence-corrected chi connectivity index (χ4v) is 2.83. The third-order valence-corrected chi connectivity index (χ3v) is 3.82. The molecular weight excluding hydrogens is 210 g/mol. The van der Waals surface area contributed by atoms with Crippen molar-refractivity contribution < 1.29 is 0 Å². The van der Waals surface area contributed by atoms with E-state index in [0.29, 0.717) is 11.5 Å². The first-order chi connectivity index (χ1) is 8.12. The molecule has 1 aromatic heterocycles. The number of rotatable bonds is 5. The van der Waals surface area contributed by atoms with Gasteiger partial charge < -0.3 is 9.88 Å². The Bertz CT molecular complexity index is 354. The molecule has 1 aliphatic rings. The van der Waals surface area contributed by atoms with Crippen LogP contribution in [-0.4, -0.2) is 16.1 Å². The minimum atomic E-state index is 0.503. The van der Waals surface area contributed by atoms with E-state index in [9.17, 15) is 0 Å². The Morgan fingerprint density at radius 3 is 3.00 bits per heavy atom. The average Bonchev–Trinajstić information content (AvgIpc) is 2.85. The summed E-state index contributed by atoms with van der Waals surface area (Å²) in [5.41, 5.74) is 1.84. The van der Waals surface area contributed by atoms with E-state index in [-0.39, 0.29) is 0 Å². The standard InChI is InChI=1S/C14H25N3/c1-4-7-15-9-13-10-16-11-17(13)12-5-6-14(2,3)8-12/h10-12,15H,4-9H2,1-3H3. The van der Waals surface area contributed by atoms with Crippen LogP contribution < -0.4 is 5.32 Å². The Hall–Kier alpha value is -0.830. The van der Waals surface area contributed by atoms with Gasteiger partial charge >= 0.3 is 0 Å². The van der Waals surface area contributed by atoms with E-state index in [1.807, 2.05) is 12.5 Å². The second kappa shape index (κ2) is 5.21. The van der Waals surface area contributed by atoms with Gasteiger partial charge in [-0.05, 0) is 37.6 Å². The smallest absolute Gasteiger partial charge is 0.0951 e. The van der Waals surface area contributed by atoms with Crippen LogP contribution in [0.5, 0.6) is 0 Å². The topological polar surface area (TPSA) is 29.9 Å². The summed E-state index contributed by atoms with van der Waals surface area (Å²) in [4.78, 5) is 4.32. The fourth-order valence-electron chi connectivity index (χ4n) is 2.83. The predicted octanol–water partition coefficient (Wildman–Crippen LogP) is 3.13. The highest BCUT2D eigenvalue weighted by Crippen LogP contribution is 2.43. The molecule has 1 unspecified atom stereocenters. The molecule has 1 heterocycles. The zero-order valence-corrected chi connectivity index (χ0v) is 11.4. The number of nitrogens with zero attached hydrogens (tertiary/aromatic N) is 2. The number of aromatic nitrogens is 2. The number of hydrogen-bond donors (Lipinski definition) is 1. The molecule has 96 valence electrons. The maximum atomic E-state index is 4.32. The van der Waals surface area contributed by atoms with Crippen molar-refractivity contribution in [3.05, 3.63) is 18.2 Å². The molecule has 0 amide bonds. The van der Waals surface area contributed by atoms with E-state index in [0.717, 1.165) is 13.1 Å². The first kappa shape index (κ1) is 12.6. The van der Waals surface area contributed by atoms with Gasteiger partial charge in [0, 0.05) is 18.8 Å². The molecule has 2 rings (SSSR count). The SMILES string of the molecule is CCCNCc1cncn1C1CCC(C)(C)C1. The number of hydrogen-bond acceptors (Lipinski definition) is 2. The van der Waals surface area contributed by atoms with Gasteiger partial charge in [-0.15, -0.1) is 0 Å². The summed E-state index contributed by atoms with van der Waals surface area (Å²) in [6, 6.07) is 0.658. The van der Waals surface area contributed by atoms with E-state index in [4.69, 9.17) is 0 Å². The van der Waals surface area contributed by atoms with Gasteiger partial charge in [0.1, 0.15) is 0 Å². The summed E-state index contributed by atoms with van der Waals surface area (Å²) in [5.74, 6) is 0. The lowest BCUT2D eigenvalue weighted by atomic mass is 9.92. The highest BCUT2D eigenvalue weighted by Gasteiger charge is 2.32. The molecule has 1 N–H and O–H groups in total. The minimum Gasteiger partial charge on any atom is -0.330 e. The third-order valence-electron chi connectivity index (χ3n) is 3.82. The van der Waals surface area contributed by atoms with Crippen LogP contribution in [-0.2, 0) is 6.54 Å². The first-order valence-corrected chi connectivity index (χ1v) is 6.84. The van der Waals surface area contributed by atoms with Crippen molar-refractivity contribution in [3.8, 4) is 0 Å². The van der Waals surface area contributed by atoms with Crippen molar-refractivity contribution >= 4 is 0 Å². The summed E-state index contributed by atoms with van der Waals surface area (Å²) in [6.45, 7) is 8.98. The van der Waals surface area contributed by atoms with Gasteiger partial charge in [-0.1, -0.05) is 20.8 Å². The van der Waals surface area contributed by atoms with Crippen molar-refractivity contribution in [1.29, 1.82) is 0 Å². The summed E-state index contributed by atoms with van der Waals surface area (Å²) in [5, 5.41) is 3.46. The Kier molecular flexibility index (Phi) is 3.87. The second-order valence-corrected chi connectivity index (χ2v) is 6.03. The van der Waals surface area contributed by atoms with E-state index >= 15 is 0 Å². The van der Waals surface area contributed by atoms with Gasteiger partial charge in [0.05, 0.1) is 12.0 Å². The number of nitrogens with one attached hydrogen (secondary N) is 1. The summed E-state index contributed by atoms with van der Waals surface area (Å²) in [6.07, 6.45) is 9.11. The van der Waals surface area contributed by atoms with Crippen LogP contribution in [0.15, 0.2) is 12.5 Å². The molecule has 1 aliphatic carbocycles. The minimum absolute atomic E-state index is 0.503. The lowest BCUT2D eigenvalue weighted by Crippen LogP contribution is -2.18. The van der Waals surface area contributed by atoms with Crippen molar-refractivity contribution in [3.63, 3.8) is 0 Å². The maximum Gasteiger partial charge on any atom is 0.0951 e. The Balaban J connectivity index is 1.99. The highest BCUT2D eigenvalue weighted by atomic mass is 15.1. The molecule has 0 saturated heterocycles. The van der Waals surface area contributed by atoms with Crippen LogP contribution in [0.2, 0.25) is 0 Å². The van der Waals surface area contributed by atoms with Gasteiger partial charge in [0.2, 0.25) is 0 Å². The Labute approximate surface area is 105 Å². The second-order valence-electron chi connectivity index (χ2n) is 6.03. The summed E-state index contributed by atoms with van der Waals surface area (Å²) >= 11 is 0. The zero-order valence-electron chi connectivity index (χ0n) is 11.4. The van der Waals surface area contributed by atoms with Gasteiger partial charge in [-0.25, -0.2) is 4.98 Å². The van der Waals surface area contributed by atoms with Crippen molar-refractivity contribution in [1.82, 2.24) is 14.9 Å². The Morgan fingerprint density at radius 1 is 1.53 bits per heavy atom. The zero-order chi connectivity index (χ0) is 12.3. The van der Waals surface area contributed by atoms with E-state index in [1.165, 1.54) is 31.4 Å². The lowest BCUT2D eigenvalue weighted by Gasteiger charge is -2.19. The molecule has 0 spiro atoms. The Morgan fingerprint density at radius 2 is 2.35 bits per heavy atom. The monoisotopic (exact) mass is 235 g/mol. The molecule has 1 atom stereocenters. The lowest BCUT2D eigenvalue weighted by molar-refractivity contribution is 0.356. The van der Waals surface area contributed by atoms with Crippen LogP contribution >= 0.6 is 0 Å². The van der Waals surface area contributed by atoms with Crippen LogP contribution in [0.25, 0.3) is 0 Å². The van der Waals surface area contributed by atoms with E-state index in [2.05, 4.69) is 35.6 Å². The molecule has 0 radical (unpaired) electrons. The quantitative estimate of drug-likeness (QED) is 0.795. The summed E-state index contributed by atoms with van der Waals surface area (Å²) in [7, 11) is 0. The van der Waals surface area contributed by atoms with Crippen molar-refractivity contribution in [2.75, 3.05) is 6.54 Å². The molecular formula is C14H25N3. The van der Waals surface area contributed by atoms with Crippen LogP contribution in [0.4, 0.5) is 0 Å². The average molecular weight is 235 g/mol. The van der Waals surface area contributed by atoms with Gasteiger partial charge in [0.25, 0.3) is 0 Å².